The van der Waals surface area contributed by atoms with Crippen LogP contribution in [-0.2, 0) is 14.6 Å². The fourth-order valence-electron chi connectivity index (χ4n) is 1.99. The van der Waals surface area contributed by atoms with Crippen molar-refractivity contribution in [2.24, 2.45) is 0 Å². The molecule has 5 nitrogen and oxygen atoms in total. The van der Waals surface area contributed by atoms with E-state index >= 15 is 0 Å². The molecule has 134 valence electrons. The van der Waals surface area contributed by atoms with Gasteiger partial charge in [-0.15, -0.1) is 0 Å². The number of amides is 1. The number of carbonyl (C=O) groups is 1. The van der Waals surface area contributed by atoms with Crippen molar-refractivity contribution in [3.8, 4) is 5.75 Å². The summed E-state index contributed by atoms with van der Waals surface area (Å²) in [5, 5.41) is 3.49. The van der Waals surface area contributed by atoms with Gasteiger partial charge in [0.25, 0.3) is 5.91 Å². The van der Waals surface area contributed by atoms with Gasteiger partial charge in [0.15, 0.2) is 15.9 Å². The number of carbonyl (C=O) groups excluding carboxylic acids is 1. The quantitative estimate of drug-likeness (QED) is 0.817. The van der Waals surface area contributed by atoms with Crippen LogP contribution in [0, 0.1) is 6.92 Å². The summed E-state index contributed by atoms with van der Waals surface area (Å²) in [6.07, 6.45) is 0.307. The third-order valence-corrected chi connectivity index (χ3v) is 5.27. The van der Waals surface area contributed by atoms with Crippen molar-refractivity contribution in [2.75, 3.05) is 11.6 Å². The molecule has 0 bridgehead atoms. The molecule has 0 saturated carbocycles. The fourth-order valence-corrected chi connectivity index (χ4v) is 3.05. The lowest BCUT2D eigenvalue weighted by Crippen LogP contribution is -2.30. The van der Waals surface area contributed by atoms with Crippen LogP contribution in [0.25, 0.3) is 0 Å². The third-order valence-electron chi connectivity index (χ3n) is 3.44. The third kappa shape index (κ3) is 5.11. The Labute approximate surface area is 156 Å². The Balaban J connectivity index is 2.07. The minimum atomic E-state index is -3.28. The summed E-state index contributed by atoms with van der Waals surface area (Å²) in [7, 11) is -3.28. The molecule has 0 radical (unpaired) electrons. The van der Waals surface area contributed by atoms with Gasteiger partial charge in [-0.3, -0.25) is 4.79 Å². The van der Waals surface area contributed by atoms with Crippen molar-refractivity contribution in [3.63, 3.8) is 0 Å². The molecule has 0 spiro atoms. The second-order valence-electron chi connectivity index (χ2n) is 5.58. The van der Waals surface area contributed by atoms with Gasteiger partial charge in [0.1, 0.15) is 5.75 Å². The van der Waals surface area contributed by atoms with Crippen molar-refractivity contribution in [1.82, 2.24) is 0 Å². The number of hydrogen-bond acceptors (Lipinski definition) is 4. The van der Waals surface area contributed by atoms with Crippen LogP contribution >= 0.6 is 23.2 Å². The normalized spacial score (nSPS) is 12.5. The van der Waals surface area contributed by atoms with Crippen LogP contribution in [0.4, 0.5) is 5.69 Å². The van der Waals surface area contributed by atoms with Crippen LogP contribution < -0.4 is 10.1 Å². The maximum atomic E-state index is 12.2. The maximum absolute atomic E-state index is 12.2. The summed E-state index contributed by atoms with van der Waals surface area (Å²) in [4.78, 5) is 12.4. The van der Waals surface area contributed by atoms with Gasteiger partial charge in [0.2, 0.25) is 0 Å². The van der Waals surface area contributed by atoms with Crippen LogP contribution in [0.15, 0.2) is 41.3 Å². The molecule has 1 unspecified atom stereocenters. The highest BCUT2D eigenvalue weighted by Gasteiger charge is 2.17. The standard InChI is InChI=1S/C17H17Cl2NO4S/c1-10-8-16(15(19)9-14(10)18)24-11(2)17(21)20-12-4-6-13(7-5-12)25(3,22)23/h4-9,11H,1-3H3,(H,20,21). The number of nitrogens with one attached hydrogen (secondary N) is 1. The topological polar surface area (TPSA) is 72.5 Å². The van der Waals surface area contributed by atoms with E-state index in [2.05, 4.69) is 5.32 Å². The first kappa shape index (κ1) is 19.6. The highest BCUT2D eigenvalue weighted by molar-refractivity contribution is 7.90. The van der Waals surface area contributed by atoms with E-state index in [9.17, 15) is 13.2 Å². The molecule has 2 aromatic carbocycles. The van der Waals surface area contributed by atoms with Crippen LogP contribution in [0.3, 0.4) is 0 Å². The molecule has 0 heterocycles. The number of benzene rings is 2. The van der Waals surface area contributed by atoms with Crippen molar-refractivity contribution in [2.45, 2.75) is 24.8 Å². The van der Waals surface area contributed by atoms with Crippen LogP contribution in [-0.4, -0.2) is 26.7 Å². The van der Waals surface area contributed by atoms with Gasteiger partial charge in [-0.2, -0.15) is 0 Å². The minimum Gasteiger partial charge on any atom is -0.479 e. The Morgan fingerprint density at radius 3 is 2.28 bits per heavy atom. The molecule has 1 amide bonds. The van der Waals surface area contributed by atoms with Gasteiger partial charge in [-0.25, -0.2) is 8.42 Å². The van der Waals surface area contributed by atoms with Gasteiger partial charge >= 0.3 is 0 Å². The molecule has 1 N–H and O–H groups in total. The van der Waals surface area contributed by atoms with E-state index in [-0.39, 0.29) is 4.90 Å². The van der Waals surface area contributed by atoms with Crippen molar-refractivity contribution in [1.29, 1.82) is 0 Å². The molecule has 0 fully saturated rings. The molecule has 0 aromatic heterocycles. The van der Waals surface area contributed by atoms with Crippen LogP contribution in [0.2, 0.25) is 10.0 Å². The average Bonchev–Trinajstić information content (AvgIpc) is 2.52. The van der Waals surface area contributed by atoms with Crippen molar-refractivity contribution < 1.29 is 17.9 Å². The number of sulfone groups is 1. The number of aryl methyl sites for hydroxylation is 1. The fraction of sp³-hybridized carbons (Fsp3) is 0.235. The largest absolute Gasteiger partial charge is 0.479 e. The van der Waals surface area contributed by atoms with Gasteiger partial charge in [0.05, 0.1) is 9.92 Å². The lowest BCUT2D eigenvalue weighted by Gasteiger charge is -2.16. The van der Waals surface area contributed by atoms with Gasteiger partial charge in [-0.05, 0) is 55.8 Å². The summed E-state index contributed by atoms with van der Waals surface area (Å²) >= 11 is 12.0. The zero-order valence-electron chi connectivity index (χ0n) is 13.8. The molecule has 0 saturated heterocycles. The van der Waals surface area contributed by atoms with E-state index in [1.165, 1.54) is 24.3 Å². The predicted molar refractivity (Wildman–Crippen MR) is 99.5 cm³/mol. The van der Waals surface area contributed by atoms with E-state index in [1.807, 2.05) is 0 Å². The summed E-state index contributed by atoms with van der Waals surface area (Å²) in [5.41, 5.74) is 1.25. The number of ether oxygens (including phenoxy) is 1. The first-order chi connectivity index (χ1) is 11.6. The first-order valence-electron chi connectivity index (χ1n) is 7.31. The summed E-state index contributed by atoms with van der Waals surface area (Å²) in [6, 6.07) is 9.10. The molecule has 2 rings (SSSR count). The van der Waals surface area contributed by atoms with Gasteiger partial charge < -0.3 is 10.1 Å². The van der Waals surface area contributed by atoms with Crippen molar-refractivity contribution in [3.05, 3.63) is 52.0 Å². The Hall–Kier alpha value is -1.76. The Kier molecular flexibility index (Phi) is 5.98. The second kappa shape index (κ2) is 7.64. The summed E-state index contributed by atoms with van der Waals surface area (Å²) in [5.74, 6) is -0.0329. The molecule has 0 aliphatic carbocycles. The van der Waals surface area contributed by atoms with E-state index in [0.29, 0.717) is 21.5 Å². The van der Waals surface area contributed by atoms with E-state index in [4.69, 9.17) is 27.9 Å². The highest BCUT2D eigenvalue weighted by Crippen LogP contribution is 2.31. The number of halogens is 2. The van der Waals surface area contributed by atoms with Crippen LogP contribution in [0.1, 0.15) is 12.5 Å². The summed E-state index contributed by atoms with van der Waals surface area (Å²) in [6.45, 7) is 3.39. The molecule has 0 aliphatic rings. The molecule has 0 aliphatic heterocycles. The molecular formula is C17H17Cl2NO4S. The number of anilines is 1. The van der Waals surface area contributed by atoms with Gasteiger partial charge in [-0.1, -0.05) is 23.2 Å². The molecule has 1 atom stereocenters. The Bertz CT molecular complexity index is 896. The zero-order chi connectivity index (χ0) is 18.8. The Morgan fingerprint density at radius 1 is 1.12 bits per heavy atom. The second-order valence-corrected chi connectivity index (χ2v) is 8.41. The molecule has 8 heteroatoms. The summed E-state index contributed by atoms with van der Waals surface area (Å²) < 4.78 is 28.5. The monoisotopic (exact) mass is 401 g/mol. The maximum Gasteiger partial charge on any atom is 0.265 e. The van der Waals surface area contributed by atoms with E-state index in [0.717, 1.165) is 11.8 Å². The van der Waals surface area contributed by atoms with Crippen molar-refractivity contribution >= 4 is 44.6 Å². The smallest absolute Gasteiger partial charge is 0.265 e. The molecular weight excluding hydrogens is 385 g/mol. The Morgan fingerprint density at radius 2 is 1.72 bits per heavy atom. The average molecular weight is 402 g/mol. The highest BCUT2D eigenvalue weighted by atomic mass is 35.5. The SMILES string of the molecule is Cc1cc(OC(C)C(=O)Nc2ccc(S(C)(=O)=O)cc2)c(Cl)cc1Cl. The predicted octanol–water partition coefficient (Wildman–Crippen LogP) is 4.11. The van der Waals surface area contributed by atoms with Crippen LogP contribution in [0.5, 0.6) is 5.75 Å². The minimum absolute atomic E-state index is 0.179. The van der Waals surface area contributed by atoms with E-state index in [1.54, 1.807) is 26.0 Å². The van der Waals surface area contributed by atoms with Gasteiger partial charge in [0, 0.05) is 17.0 Å². The lowest BCUT2D eigenvalue weighted by atomic mass is 10.2. The first-order valence-corrected chi connectivity index (χ1v) is 9.96. The molecule has 25 heavy (non-hydrogen) atoms. The molecule has 2 aromatic rings. The lowest BCUT2D eigenvalue weighted by molar-refractivity contribution is -0.122. The zero-order valence-corrected chi connectivity index (χ0v) is 16.2. The number of hydrogen-bond donors (Lipinski definition) is 1. The van der Waals surface area contributed by atoms with E-state index < -0.39 is 21.8 Å². The number of rotatable bonds is 5.